The fourth-order valence-electron chi connectivity index (χ4n) is 3.13. The van der Waals surface area contributed by atoms with Gasteiger partial charge in [0.15, 0.2) is 11.6 Å². The summed E-state index contributed by atoms with van der Waals surface area (Å²) in [7, 11) is 0. The Kier molecular flexibility index (Phi) is 8.89. The molecular weight excluding hydrogens is 407 g/mol. The van der Waals surface area contributed by atoms with Gasteiger partial charge >= 0.3 is 0 Å². The first-order valence-electron chi connectivity index (χ1n) is 10.0. The molecule has 2 atom stereocenters. The molecule has 0 aromatic heterocycles. The summed E-state index contributed by atoms with van der Waals surface area (Å²) in [4.78, 5) is 11.9. The van der Waals surface area contributed by atoms with Crippen LogP contribution in [0.5, 0.6) is 11.5 Å². The van der Waals surface area contributed by atoms with Crippen molar-refractivity contribution in [2.45, 2.75) is 45.7 Å². The molecule has 0 aliphatic heterocycles. The summed E-state index contributed by atoms with van der Waals surface area (Å²) in [6.45, 7) is 6.49. The van der Waals surface area contributed by atoms with Gasteiger partial charge in [-0.05, 0) is 50.1 Å². The molecule has 0 spiro atoms. The van der Waals surface area contributed by atoms with E-state index >= 15 is 4.39 Å². The van der Waals surface area contributed by atoms with Crippen molar-refractivity contribution < 1.29 is 13.9 Å². The molecule has 164 valence electrons. The third kappa shape index (κ3) is 6.32. The maximum Gasteiger partial charge on any atom is 0.221 e. The number of rotatable bonds is 10. The number of halogens is 2. The second kappa shape index (κ2) is 11.2. The number of carbonyl (C=O) groups is 1. The van der Waals surface area contributed by atoms with E-state index < -0.39 is 5.82 Å². The van der Waals surface area contributed by atoms with E-state index in [1.807, 2.05) is 20.8 Å². The SMILES string of the molecule is CC[C@@H](N[C@@H](C)CC(=O)NCCN)c1ccc(Cl)c(Oc2ccc(N)c(C)c2)c1F. The minimum atomic E-state index is -0.531. The largest absolute Gasteiger partial charge is 0.453 e. The van der Waals surface area contributed by atoms with Crippen molar-refractivity contribution in [3.05, 3.63) is 52.3 Å². The highest BCUT2D eigenvalue weighted by Crippen LogP contribution is 2.37. The molecule has 0 aliphatic carbocycles. The zero-order valence-corrected chi connectivity index (χ0v) is 18.4. The van der Waals surface area contributed by atoms with Gasteiger partial charge < -0.3 is 26.8 Å². The van der Waals surface area contributed by atoms with Crippen LogP contribution < -0.4 is 26.8 Å². The Morgan fingerprint density at radius 2 is 2.03 bits per heavy atom. The van der Waals surface area contributed by atoms with Gasteiger partial charge in [0, 0.05) is 42.8 Å². The van der Waals surface area contributed by atoms with Crippen molar-refractivity contribution in [3.8, 4) is 11.5 Å². The van der Waals surface area contributed by atoms with Crippen LogP contribution in [0.25, 0.3) is 0 Å². The molecule has 30 heavy (non-hydrogen) atoms. The van der Waals surface area contributed by atoms with Crippen LogP contribution in [0.1, 0.15) is 43.9 Å². The van der Waals surface area contributed by atoms with Crippen LogP contribution in [-0.2, 0) is 4.79 Å². The lowest BCUT2D eigenvalue weighted by molar-refractivity contribution is -0.121. The lowest BCUT2D eigenvalue weighted by atomic mass is 10.0. The highest BCUT2D eigenvalue weighted by atomic mass is 35.5. The summed E-state index contributed by atoms with van der Waals surface area (Å²) in [5.41, 5.74) is 13.1. The molecule has 0 aliphatic rings. The highest BCUT2D eigenvalue weighted by Gasteiger charge is 2.22. The van der Waals surface area contributed by atoms with E-state index in [0.29, 0.717) is 36.5 Å². The molecular formula is C22H30ClFN4O2. The molecule has 2 aromatic carbocycles. The predicted octanol–water partition coefficient (Wildman–Crippen LogP) is 4.06. The number of ether oxygens (including phenoxy) is 1. The monoisotopic (exact) mass is 436 g/mol. The van der Waals surface area contributed by atoms with Crippen molar-refractivity contribution >= 4 is 23.2 Å². The van der Waals surface area contributed by atoms with Crippen molar-refractivity contribution in [3.63, 3.8) is 0 Å². The third-order valence-corrected chi connectivity index (χ3v) is 5.07. The van der Waals surface area contributed by atoms with Crippen LogP contribution in [0.3, 0.4) is 0 Å². The Balaban J connectivity index is 2.20. The normalized spacial score (nSPS) is 13.0. The molecule has 6 N–H and O–H groups in total. The number of anilines is 1. The quantitative estimate of drug-likeness (QED) is 0.421. The third-order valence-electron chi connectivity index (χ3n) is 4.77. The van der Waals surface area contributed by atoms with Crippen molar-refractivity contribution in [1.82, 2.24) is 10.6 Å². The summed E-state index contributed by atoms with van der Waals surface area (Å²) in [5, 5.41) is 6.22. The Morgan fingerprint density at radius 1 is 1.30 bits per heavy atom. The van der Waals surface area contributed by atoms with Gasteiger partial charge in [0.1, 0.15) is 5.75 Å². The fourth-order valence-corrected chi connectivity index (χ4v) is 3.32. The zero-order valence-electron chi connectivity index (χ0n) is 17.6. The first-order chi connectivity index (χ1) is 14.3. The maximum absolute atomic E-state index is 15.3. The standard InChI is InChI=1S/C22H30ClFN4O2/c1-4-19(28-14(3)12-20(29)27-10-9-25)16-6-7-17(23)22(21(16)24)30-15-5-8-18(26)13(2)11-15/h5-8,11,14,19,28H,4,9-10,12,25-26H2,1-3H3,(H,27,29)/t14-,19+/m0/s1. The van der Waals surface area contributed by atoms with E-state index in [0.717, 1.165) is 5.56 Å². The number of hydrogen-bond acceptors (Lipinski definition) is 5. The van der Waals surface area contributed by atoms with E-state index in [-0.39, 0.29) is 35.2 Å². The zero-order chi connectivity index (χ0) is 22.3. The van der Waals surface area contributed by atoms with Crippen molar-refractivity contribution in [2.75, 3.05) is 18.8 Å². The molecule has 8 heteroatoms. The van der Waals surface area contributed by atoms with Crippen LogP contribution in [0.2, 0.25) is 5.02 Å². The summed E-state index contributed by atoms with van der Waals surface area (Å²) < 4.78 is 21.1. The van der Waals surface area contributed by atoms with Crippen molar-refractivity contribution in [1.29, 1.82) is 0 Å². The topological polar surface area (TPSA) is 102 Å². The van der Waals surface area contributed by atoms with Gasteiger partial charge in [0.25, 0.3) is 0 Å². The first kappa shape index (κ1) is 23.9. The van der Waals surface area contributed by atoms with Gasteiger partial charge in [-0.1, -0.05) is 24.6 Å². The number of hydrogen-bond donors (Lipinski definition) is 4. The van der Waals surface area contributed by atoms with E-state index in [1.165, 1.54) is 0 Å². The summed E-state index contributed by atoms with van der Waals surface area (Å²) in [6.07, 6.45) is 0.882. The van der Waals surface area contributed by atoms with Crippen LogP contribution in [-0.4, -0.2) is 25.0 Å². The second-order valence-electron chi connectivity index (χ2n) is 7.27. The average molecular weight is 437 g/mol. The van der Waals surface area contributed by atoms with Crippen molar-refractivity contribution in [2.24, 2.45) is 5.73 Å². The Bertz CT molecular complexity index is 878. The lowest BCUT2D eigenvalue weighted by Crippen LogP contribution is -2.37. The summed E-state index contributed by atoms with van der Waals surface area (Å²) >= 11 is 6.22. The molecule has 2 rings (SSSR count). The Labute approximate surface area is 182 Å². The van der Waals surface area contributed by atoms with Gasteiger partial charge in [-0.2, -0.15) is 0 Å². The maximum atomic E-state index is 15.3. The predicted molar refractivity (Wildman–Crippen MR) is 119 cm³/mol. The van der Waals surface area contributed by atoms with Gasteiger partial charge in [0.2, 0.25) is 5.91 Å². The van der Waals surface area contributed by atoms with E-state index in [2.05, 4.69) is 10.6 Å². The number of aryl methyl sites for hydroxylation is 1. The van der Waals surface area contributed by atoms with Gasteiger partial charge in [-0.15, -0.1) is 0 Å². The molecule has 0 fully saturated rings. The van der Waals surface area contributed by atoms with E-state index in [4.69, 9.17) is 27.8 Å². The molecule has 0 unspecified atom stereocenters. The first-order valence-corrected chi connectivity index (χ1v) is 10.4. The molecule has 0 saturated heterocycles. The molecule has 0 saturated carbocycles. The number of nitrogen functional groups attached to an aromatic ring is 1. The molecule has 0 bridgehead atoms. The fraction of sp³-hybridized carbons (Fsp3) is 0.409. The second-order valence-corrected chi connectivity index (χ2v) is 7.68. The number of carbonyl (C=O) groups excluding carboxylic acids is 1. The van der Waals surface area contributed by atoms with Gasteiger partial charge in [-0.3, -0.25) is 4.79 Å². The summed E-state index contributed by atoms with van der Waals surface area (Å²) in [5.74, 6) is -0.219. The molecule has 0 radical (unpaired) electrons. The summed E-state index contributed by atoms with van der Waals surface area (Å²) in [6, 6.07) is 7.89. The van der Waals surface area contributed by atoms with Crippen LogP contribution in [0.15, 0.2) is 30.3 Å². The van der Waals surface area contributed by atoms with Crippen LogP contribution in [0, 0.1) is 12.7 Å². The van der Waals surface area contributed by atoms with Gasteiger partial charge in [0.05, 0.1) is 5.02 Å². The molecule has 0 heterocycles. The van der Waals surface area contributed by atoms with Crippen LogP contribution in [0.4, 0.5) is 10.1 Å². The lowest BCUT2D eigenvalue weighted by Gasteiger charge is -2.24. The number of nitrogens with one attached hydrogen (secondary N) is 2. The number of amides is 1. The van der Waals surface area contributed by atoms with Gasteiger partial charge in [-0.25, -0.2) is 4.39 Å². The minimum absolute atomic E-state index is 0.0352. The van der Waals surface area contributed by atoms with Crippen LogP contribution >= 0.6 is 11.6 Å². The Morgan fingerprint density at radius 3 is 2.67 bits per heavy atom. The number of nitrogens with two attached hydrogens (primary N) is 2. The molecule has 6 nitrogen and oxygen atoms in total. The van der Waals surface area contributed by atoms with E-state index in [1.54, 1.807) is 30.3 Å². The van der Waals surface area contributed by atoms with E-state index in [9.17, 15) is 4.79 Å². The highest BCUT2D eigenvalue weighted by molar-refractivity contribution is 6.32. The number of benzene rings is 2. The average Bonchev–Trinajstić information content (AvgIpc) is 2.70. The Hall–Kier alpha value is -2.35. The smallest absolute Gasteiger partial charge is 0.221 e. The minimum Gasteiger partial charge on any atom is -0.453 e. The molecule has 2 aromatic rings. The molecule has 1 amide bonds.